The van der Waals surface area contributed by atoms with Crippen molar-refractivity contribution in [3.63, 3.8) is 0 Å². The summed E-state index contributed by atoms with van der Waals surface area (Å²) >= 11 is 3.31. The zero-order valence-electron chi connectivity index (χ0n) is 9.07. The number of hydrogen-bond acceptors (Lipinski definition) is 6. The van der Waals surface area contributed by atoms with Crippen LogP contribution in [0.5, 0.6) is 0 Å². The Labute approximate surface area is 110 Å². The van der Waals surface area contributed by atoms with E-state index in [4.69, 9.17) is 0 Å². The van der Waals surface area contributed by atoms with Crippen LogP contribution in [0.15, 0.2) is 35.5 Å². The van der Waals surface area contributed by atoms with Crippen molar-refractivity contribution >= 4 is 44.7 Å². The molecule has 0 saturated carbocycles. The first-order valence-corrected chi connectivity index (χ1v) is 7.06. The number of nitrogens with zero attached hydrogens (tertiary/aromatic N) is 4. The van der Waals surface area contributed by atoms with Gasteiger partial charge in [0.05, 0.1) is 9.75 Å². The van der Waals surface area contributed by atoms with Gasteiger partial charge in [-0.15, -0.1) is 22.7 Å². The van der Waals surface area contributed by atoms with E-state index in [-0.39, 0.29) is 0 Å². The second-order valence-corrected chi connectivity index (χ2v) is 5.47. The van der Waals surface area contributed by atoms with Gasteiger partial charge in [0.1, 0.15) is 22.1 Å². The van der Waals surface area contributed by atoms with Crippen molar-refractivity contribution in [2.24, 2.45) is 0 Å². The standard InChI is InChI=1S/C12H6N4S2/c1-3-15-9-7(13-1)5-17-11(9)12-10-8(6-18-12)14-2-4-16-10/h1-6H. The third-order valence-electron chi connectivity index (χ3n) is 2.67. The number of fused-ring (bicyclic) bond motifs is 2. The van der Waals surface area contributed by atoms with Crippen LogP contribution in [0, 0.1) is 0 Å². The van der Waals surface area contributed by atoms with Gasteiger partial charge in [0.25, 0.3) is 0 Å². The summed E-state index contributed by atoms with van der Waals surface area (Å²) in [7, 11) is 0. The molecule has 0 aliphatic rings. The van der Waals surface area contributed by atoms with Crippen LogP contribution in [0.3, 0.4) is 0 Å². The zero-order chi connectivity index (χ0) is 11.9. The third kappa shape index (κ3) is 1.36. The van der Waals surface area contributed by atoms with Gasteiger partial charge in [-0.05, 0) is 0 Å². The maximum absolute atomic E-state index is 4.41. The second-order valence-electron chi connectivity index (χ2n) is 3.71. The molecule has 4 aromatic heterocycles. The highest BCUT2D eigenvalue weighted by Gasteiger charge is 2.14. The summed E-state index contributed by atoms with van der Waals surface area (Å²) in [5.41, 5.74) is 3.75. The fourth-order valence-corrected chi connectivity index (χ4v) is 3.92. The molecule has 0 radical (unpaired) electrons. The highest BCUT2D eigenvalue weighted by atomic mass is 32.1. The molecular weight excluding hydrogens is 264 g/mol. The van der Waals surface area contributed by atoms with Crippen LogP contribution in [0.2, 0.25) is 0 Å². The van der Waals surface area contributed by atoms with E-state index in [1.165, 1.54) is 0 Å². The minimum atomic E-state index is 0.933. The monoisotopic (exact) mass is 270 g/mol. The van der Waals surface area contributed by atoms with Crippen molar-refractivity contribution in [3.05, 3.63) is 35.5 Å². The van der Waals surface area contributed by atoms with Crippen molar-refractivity contribution < 1.29 is 0 Å². The Kier molecular flexibility index (Phi) is 2.12. The number of rotatable bonds is 1. The average Bonchev–Trinajstić information content (AvgIpc) is 3.01. The summed E-state index contributed by atoms with van der Waals surface area (Å²) in [6.45, 7) is 0. The molecule has 0 atom stereocenters. The molecule has 6 heteroatoms. The molecule has 0 aromatic carbocycles. The molecule has 4 heterocycles. The van der Waals surface area contributed by atoms with E-state index < -0.39 is 0 Å². The first-order valence-electron chi connectivity index (χ1n) is 5.30. The van der Waals surface area contributed by atoms with Crippen LogP contribution >= 0.6 is 22.7 Å². The van der Waals surface area contributed by atoms with Crippen molar-refractivity contribution in [2.45, 2.75) is 0 Å². The van der Waals surface area contributed by atoms with Crippen LogP contribution in [0.4, 0.5) is 0 Å². The normalized spacial score (nSPS) is 11.3. The van der Waals surface area contributed by atoms with Crippen molar-refractivity contribution in [3.8, 4) is 9.75 Å². The van der Waals surface area contributed by atoms with E-state index in [0.717, 1.165) is 31.8 Å². The molecule has 4 nitrogen and oxygen atoms in total. The second kappa shape index (κ2) is 3.79. The highest BCUT2D eigenvalue weighted by Crippen LogP contribution is 2.39. The van der Waals surface area contributed by atoms with Crippen molar-refractivity contribution in [1.29, 1.82) is 0 Å². The predicted octanol–water partition coefficient (Wildman–Crippen LogP) is 3.36. The maximum Gasteiger partial charge on any atom is 0.108 e. The SMILES string of the molecule is c1cnc2c(-c3scc4nccnc34)scc2n1. The highest BCUT2D eigenvalue weighted by molar-refractivity contribution is 7.22. The lowest BCUT2D eigenvalue weighted by molar-refractivity contribution is 1.30. The Morgan fingerprint density at radius 2 is 1.06 bits per heavy atom. The number of aromatic nitrogens is 4. The zero-order valence-corrected chi connectivity index (χ0v) is 10.7. The van der Waals surface area contributed by atoms with Gasteiger partial charge in [-0.25, -0.2) is 0 Å². The third-order valence-corrected chi connectivity index (χ3v) is 4.74. The van der Waals surface area contributed by atoms with E-state index in [1.807, 2.05) is 10.8 Å². The van der Waals surface area contributed by atoms with Crippen molar-refractivity contribution in [2.75, 3.05) is 0 Å². The largest absolute Gasteiger partial charge is 0.252 e. The first kappa shape index (κ1) is 10.0. The molecule has 0 saturated heterocycles. The van der Waals surface area contributed by atoms with E-state index in [1.54, 1.807) is 47.5 Å². The van der Waals surface area contributed by atoms with Crippen LogP contribution in [-0.2, 0) is 0 Å². The number of hydrogen-bond donors (Lipinski definition) is 0. The van der Waals surface area contributed by atoms with Crippen LogP contribution < -0.4 is 0 Å². The molecule has 0 amide bonds. The first-order chi connectivity index (χ1) is 8.93. The molecule has 4 aromatic rings. The van der Waals surface area contributed by atoms with Gasteiger partial charge in [-0.1, -0.05) is 0 Å². The summed E-state index contributed by atoms with van der Waals surface area (Å²) in [5, 5.41) is 4.05. The lowest BCUT2D eigenvalue weighted by Gasteiger charge is -1.95. The molecule has 0 bridgehead atoms. The summed E-state index contributed by atoms with van der Waals surface area (Å²) in [4.78, 5) is 19.7. The Bertz CT molecular complexity index is 777. The van der Waals surface area contributed by atoms with Gasteiger partial charge >= 0.3 is 0 Å². The van der Waals surface area contributed by atoms with Gasteiger partial charge in [-0.2, -0.15) is 0 Å². The van der Waals surface area contributed by atoms with Crippen LogP contribution in [0.25, 0.3) is 31.8 Å². The summed E-state index contributed by atoms with van der Waals surface area (Å²) in [6.07, 6.45) is 6.87. The molecular formula is C12H6N4S2. The summed E-state index contributed by atoms with van der Waals surface area (Å²) in [5.74, 6) is 0. The van der Waals surface area contributed by atoms with Crippen LogP contribution in [0.1, 0.15) is 0 Å². The lowest BCUT2D eigenvalue weighted by atomic mass is 10.3. The smallest absolute Gasteiger partial charge is 0.108 e. The topological polar surface area (TPSA) is 51.6 Å². The van der Waals surface area contributed by atoms with Gasteiger partial charge in [0, 0.05) is 35.5 Å². The molecule has 86 valence electrons. The Hall–Kier alpha value is -1.92. The Morgan fingerprint density at radius 3 is 1.56 bits per heavy atom. The van der Waals surface area contributed by atoms with E-state index in [0.29, 0.717) is 0 Å². The average molecular weight is 270 g/mol. The maximum atomic E-state index is 4.41. The van der Waals surface area contributed by atoms with Gasteiger partial charge in [0.15, 0.2) is 0 Å². The van der Waals surface area contributed by atoms with E-state index in [2.05, 4.69) is 19.9 Å². The molecule has 4 rings (SSSR count). The minimum absolute atomic E-state index is 0.933. The van der Waals surface area contributed by atoms with Gasteiger partial charge < -0.3 is 0 Å². The molecule has 0 N–H and O–H groups in total. The Balaban J connectivity index is 2.08. The quantitative estimate of drug-likeness (QED) is 0.532. The minimum Gasteiger partial charge on any atom is -0.252 e. The predicted molar refractivity (Wildman–Crippen MR) is 73.8 cm³/mol. The molecule has 0 aliphatic heterocycles. The fraction of sp³-hybridized carbons (Fsp3) is 0. The fourth-order valence-electron chi connectivity index (χ4n) is 1.88. The molecule has 0 aliphatic carbocycles. The van der Waals surface area contributed by atoms with Gasteiger partial charge in [0.2, 0.25) is 0 Å². The van der Waals surface area contributed by atoms with Crippen LogP contribution in [-0.4, -0.2) is 19.9 Å². The summed E-state index contributed by atoms with van der Waals surface area (Å²) in [6, 6.07) is 0. The van der Waals surface area contributed by atoms with Crippen molar-refractivity contribution in [1.82, 2.24) is 19.9 Å². The van der Waals surface area contributed by atoms with E-state index in [9.17, 15) is 0 Å². The molecule has 0 spiro atoms. The van der Waals surface area contributed by atoms with E-state index >= 15 is 0 Å². The van der Waals surface area contributed by atoms with Gasteiger partial charge in [-0.3, -0.25) is 19.9 Å². The summed E-state index contributed by atoms with van der Waals surface area (Å²) < 4.78 is 0. The Morgan fingerprint density at radius 1 is 0.611 bits per heavy atom. The number of thiophene rings is 2. The lowest BCUT2D eigenvalue weighted by Crippen LogP contribution is -1.80. The molecule has 0 unspecified atom stereocenters. The molecule has 18 heavy (non-hydrogen) atoms. The molecule has 0 fully saturated rings.